The van der Waals surface area contributed by atoms with E-state index in [9.17, 15) is 0 Å². The van der Waals surface area contributed by atoms with Crippen LogP contribution in [-0.2, 0) is 4.74 Å². The molecular weight excluding hydrogens is 266 g/mol. The topological polar surface area (TPSA) is 39.7 Å². The predicted molar refractivity (Wildman–Crippen MR) is 84.1 cm³/mol. The van der Waals surface area contributed by atoms with Crippen LogP contribution in [0.2, 0.25) is 0 Å². The highest BCUT2D eigenvalue weighted by Gasteiger charge is 2.26. The van der Waals surface area contributed by atoms with Crippen LogP contribution in [0.1, 0.15) is 45.2 Å². The van der Waals surface area contributed by atoms with Crippen LogP contribution in [0.5, 0.6) is 11.5 Å². The maximum absolute atomic E-state index is 5.80. The molecule has 1 fully saturated rings. The van der Waals surface area contributed by atoms with Crippen molar-refractivity contribution in [1.29, 1.82) is 0 Å². The summed E-state index contributed by atoms with van der Waals surface area (Å²) in [5, 5.41) is 3.71. The third-order valence-electron chi connectivity index (χ3n) is 4.09. The van der Waals surface area contributed by atoms with Gasteiger partial charge in [0.1, 0.15) is 11.5 Å². The molecule has 3 unspecified atom stereocenters. The number of nitrogens with one attached hydrogen (secondary N) is 1. The molecule has 2 rings (SSSR count). The minimum atomic E-state index is 0.206. The third-order valence-corrected chi connectivity index (χ3v) is 4.09. The second kappa shape index (κ2) is 7.14. The molecule has 0 bridgehead atoms. The number of hydrogen-bond donors (Lipinski definition) is 1. The lowest BCUT2D eigenvalue weighted by atomic mass is 9.97. The van der Waals surface area contributed by atoms with Gasteiger partial charge in [-0.25, -0.2) is 0 Å². The minimum Gasteiger partial charge on any atom is -0.497 e. The number of rotatable bonds is 5. The van der Waals surface area contributed by atoms with E-state index in [1.807, 2.05) is 18.2 Å². The molecule has 1 aromatic carbocycles. The van der Waals surface area contributed by atoms with Gasteiger partial charge in [-0.2, -0.15) is 0 Å². The van der Waals surface area contributed by atoms with Gasteiger partial charge in [0.05, 0.1) is 26.4 Å². The molecule has 1 saturated heterocycles. The number of benzene rings is 1. The number of hydrogen-bond acceptors (Lipinski definition) is 4. The summed E-state index contributed by atoms with van der Waals surface area (Å²) in [7, 11) is 3.39. The molecule has 0 saturated carbocycles. The van der Waals surface area contributed by atoms with Crippen molar-refractivity contribution >= 4 is 0 Å². The van der Waals surface area contributed by atoms with E-state index in [1.54, 1.807) is 14.2 Å². The smallest absolute Gasteiger partial charge is 0.123 e. The third kappa shape index (κ3) is 4.11. The van der Waals surface area contributed by atoms with Gasteiger partial charge in [0.15, 0.2) is 0 Å². The van der Waals surface area contributed by atoms with Crippen LogP contribution in [0.15, 0.2) is 18.2 Å². The van der Waals surface area contributed by atoms with E-state index in [0.717, 1.165) is 29.9 Å². The SMILES string of the molecule is COc1ccc(OC)c(C(C)NC2CC(C)OC(C)C2)c1. The molecule has 0 aliphatic carbocycles. The maximum Gasteiger partial charge on any atom is 0.123 e. The molecule has 1 N–H and O–H groups in total. The second-order valence-electron chi connectivity index (χ2n) is 5.92. The molecule has 1 aromatic rings. The molecule has 0 spiro atoms. The molecule has 1 aliphatic rings. The highest BCUT2D eigenvalue weighted by molar-refractivity contribution is 5.42. The second-order valence-corrected chi connectivity index (χ2v) is 5.92. The van der Waals surface area contributed by atoms with Gasteiger partial charge in [-0.3, -0.25) is 0 Å². The average Bonchev–Trinajstić information content (AvgIpc) is 2.45. The minimum absolute atomic E-state index is 0.206. The summed E-state index contributed by atoms with van der Waals surface area (Å²) in [4.78, 5) is 0. The molecular formula is C17H27NO3. The lowest BCUT2D eigenvalue weighted by Crippen LogP contribution is -2.42. The Morgan fingerprint density at radius 3 is 2.38 bits per heavy atom. The molecule has 4 heteroatoms. The van der Waals surface area contributed by atoms with E-state index in [1.165, 1.54) is 0 Å². The molecule has 1 heterocycles. The Morgan fingerprint density at radius 1 is 1.14 bits per heavy atom. The first-order chi connectivity index (χ1) is 10.0. The van der Waals surface area contributed by atoms with Gasteiger partial charge in [0.25, 0.3) is 0 Å². The quantitative estimate of drug-likeness (QED) is 0.904. The summed E-state index contributed by atoms with van der Waals surface area (Å²) in [5.74, 6) is 1.75. The molecule has 1 aliphatic heterocycles. The van der Waals surface area contributed by atoms with Gasteiger partial charge in [-0.15, -0.1) is 0 Å². The highest BCUT2D eigenvalue weighted by Crippen LogP contribution is 2.30. The van der Waals surface area contributed by atoms with E-state index in [-0.39, 0.29) is 6.04 Å². The molecule has 0 amide bonds. The lowest BCUT2D eigenvalue weighted by molar-refractivity contribution is -0.0433. The van der Waals surface area contributed by atoms with Crippen LogP contribution in [0, 0.1) is 0 Å². The Morgan fingerprint density at radius 2 is 1.81 bits per heavy atom. The molecule has 3 atom stereocenters. The summed E-state index contributed by atoms with van der Waals surface area (Å²) in [6.07, 6.45) is 2.71. The molecule has 118 valence electrons. The van der Waals surface area contributed by atoms with Gasteiger partial charge in [0, 0.05) is 17.6 Å². The average molecular weight is 293 g/mol. The van der Waals surface area contributed by atoms with Crippen molar-refractivity contribution in [1.82, 2.24) is 5.32 Å². The first kappa shape index (κ1) is 16.1. The molecule has 21 heavy (non-hydrogen) atoms. The first-order valence-corrected chi connectivity index (χ1v) is 7.67. The summed E-state index contributed by atoms with van der Waals surface area (Å²) >= 11 is 0. The van der Waals surface area contributed by atoms with E-state index in [4.69, 9.17) is 14.2 Å². The zero-order valence-corrected chi connectivity index (χ0v) is 13.7. The van der Waals surface area contributed by atoms with E-state index >= 15 is 0 Å². The van der Waals surface area contributed by atoms with Crippen molar-refractivity contribution in [3.63, 3.8) is 0 Å². The van der Waals surface area contributed by atoms with Gasteiger partial charge in [0.2, 0.25) is 0 Å². The largest absolute Gasteiger partial charge is 0.497 e. The predicted octanol–water partition coefficient (Wildman–Crippen LogP) is 3.31. The molecule has 0 aromatic heterocycles. The van der Waals surface area contributed by atoms with Gasteiger partial charge < -0.3 is 19.5 Å². The number of methoxy groups -OCH3 is 2. The van der Waals surface area contributed by atoms with Gasteiger partial charge in [-0.1, -0.05) is 0 Å². The zero-order chi connectivity index (χ0) is 15.4. The Labute approximate surface area is 127 Å². The van der Waals surface area contributed by atoms with E-state index in [0.29, 0.717) is 18.2 Å². The van der Waals surface area contributed by atoms with Crippen molar-refractivity contribution in [2.75, 3.05) is 14.2 Å². The first-order valence-electron chi connectivity index (χ1n) is 7.67. The van der Waals surface area contributed by atoms with E-state index < -0.39 is 0 Å². The molecule has 4 nitrogen and oxygen atoms in total. The van der Waals surface area contributed by atoms with Crippen LogP contribution in [0.25, 0.3) is 0 Å². The van der Waals surface area contributed by atoms with E-state index in [2.05, 4.69) is 26.1 Å². The van der Waals surface area contributed by atoms with Crippen molar-refractivity contribution < 1.29 is 14.2 Å². The van der Waals surface area contributed by atoms with Crippen molar-refractivity contribution in [2.45, 2.75) is 57.9 Å². The lowest BCUT2D eigenvalue weighted by Gasteiger charge is -2.34. The van der Waals surface area contributed by atoms with Crippen LogP contribution < -0.4 is 14.8 Å². The fraction of sp³-hybridized carbons (Fsp3) is 0.647. The summed E-state index contributed by atoms with van der Waals surface area (Å²) < 4.78 is 16.6. The highest BCUT2D eigenvalue weighted by atomic mass is 16.5. The van der Waals surface area contributed by atoms with Crippen LogP contribution in [-0.4, -0.2) is 32.5 Å². The monoisotopic (exact) mass is 293 g/mol. The van der Waals surface area contributed by atoms with Crippen molar-refractivity contribution in [2.24, 2.45) is 0 Å². The van der Waals surface area contributed by atoms with Crippen LogP contribution in [0.3, 0.4) is 0 Å². The van der Waals surface area contributed by atoms with Crippen molar-refractivity contribution in [3.05, 3.63) is 23.8 Å². The summed E-state index contributed by atoms with van der Waals surface area (Å²) in [6, 6.07) is 6.60. The Kier molecular flexibility index (Phi) is 5.48. The van der Waals surface area contributed by atoms with Crippen molar-refractivity contribution in [3.8, 4) is 11.5 Å². The standard InChI is InChI=1S/C17H27NO3/c1-11-8-14(9-12(2)21-11)18-13(3)16-10-15(19-4)6-7-17(16)20-5/h6-7,10-14,18H,8-9H2,1-5H3. The fourth-order valence-electron chi connectivity index (χ4n) is 3.16. The Hall–Kier alpha value is -1.26. The van der Waals surface area contributed by atoms with Crippen LogP contribution in [0.4, 0.5) is 0 Å². The number of ether oxygens (including phenoxy) is 3. The zero-order valence-electron chi connectivity index (χ0n) is 13.7. The Balaban J connectivity index is 2.10. The fourth-order valence-corrected chi connectivity index (χ4v) is 3.16. The van der Waals surface area contributed by atoms with Crippen LogP contribution >= 0.6 is 0 Å². The molecule has 0 radical (unpaired) electrons. The maximum atomic E-state index is 5.80. The summed E-state index contributed by atoms with van der Waals surface area (Å²) in [6.45, 7) is 6.45. The Bertz CT molecular complexity index is 453. The normalized spacial score (nSPS) is 27.2. The summed E-state index contributed by atoms with van der Waals surface area (Å²) in [5.41, 5.74) is 1.13. The van der Waals surface area contributed by atoms with Gasteiger partial charge >= 0.3 is 0 Å². The van der Waals surface area contributed by atoms with Gasteiger partial charge in [-0.05, 0) is 51.8 Å².